The van der Waals surface area contributed by atoms with Crippen molar-refractivity contribution in [3.8, 4) is 5.75 Å². The summed E-state index contributed by atoms with van der Waals surface area (Å²) in [7, 11) is 0. The topological polar surface area (TPSA) is 102 Å². The van der Waals surface area contributed by atoms with Crippen molar-refractivity contribution in [3.63, 3.8) is 0 Å². The number of benzene rings is 2. The number of ether oxygens (including phenoxy) is 1. The van der Waals surface area contributed by atoms with Crippen molar-refractivity contribution in [1.29, 1.82) is 0 Å². The number of aryl methyl sites for hydroxylation is 2. The maximum Gasteiger partial charge on any atom is 0.269 e. The number of amides is 1. The van der Waals surface area contributed by atoms with Crippen LogP contribution in [0.2, 0.25) is 0 Å². The minimum atomic E-state index is -0.898. The Labute approximate surface area is 145 Å². The largest absolute Gasteiger partial charge is 0.491 e. The van der Waals surface area contributed by atoms with E-state index in [9.17, 15) is 20.0 Å². The van der Waals surface area contributed by atoms with E-state index in [-0.39, 0.29) is 24.7 Å². The zero-order valence-corrected chi connectivity index (χ0v) is 14.1. The van der Waals surface area contributed by atoms with Gasteiger partial charge in [-0.15, -0.1) is 0 Å². The first-order chi connectivity index (χ1) is 11.9. The molecule has 0 aliphatic carbocycles. The Morgan fingerprint density at radius 1 is 1.20 bits per heavy atom. The molecule has 0 radical (unpaired) electrons. The molecule has 0 aliphatic heterocycles. The van der Waals surface area contributed by atoms with Crippen LogP contribution in [0.15, 0.2) is 42.5 Å². The van der Waals surface area contributed by atoms with Crippen LogP contribution in [-0.2, 0) is 0 Å². The van der Waals surface area contributed by atoms with Crippen molar-refractivity contribution in [1.82, 2.24) is 5.32 Å². The highest BCUT2D eigenvalue weighted by atomic mass is 16.6. The summed E-state index contributed by atoms with van der Waals surface area (Å²) in [5.41, 5.74) is 2.63. The Balaban J connectivity index is 1.79. The predicted octanol–water partition coefficient (Wildman–Crippen LogP) is 2.38. The fourth-order valence-electron chi connectivity index (χ4n) is 2.11. The summed E-state index contributed by atoms with van der Waals surface area (Å²) >= 11 is 0. The van der Waals surface area contributed by atoms with Gasteiger partial charge >= 0.3 is 0 Å². The Kier molecular flexibility index (Phi) is 6.08. The fraction of sp³-hybridized carbons (Fsp3) is 0.278. The maximum atomic E-state index is 12.1. The summed E-state index contributed by atoms with van der Waals surface area (Å²) in [4.78, 5) is 22.1. The second-order valence-corrected chi connectivity index (χ2v) is 5.72. The van der Waals surface area contributed by atoms with Gasteiger partial charge in [0, 0.05) is 24.2 Å². The minimum absolute atomic E-state index is 0.0337. The lowest BCUT2D eigenvalue weighted by atomic mass is 10.1. The molecule has 0 aromatic heterocycles. The maximum absolute atomic E-state index is 12.1. The van der Waals surface area contributed by atoms with E-state index in [4.69, 9.17) is 4.74 Å². The molecule has 0 aliphatic rings. The first-order valence-corrected chi connectivity index (χ1v) is 7.77. The van der Waals surface area contributed by atoms with Gasteiger partial charge in [-0.25, -0.2) is 0 Å². The van der Waals surface area contributed by atoms with Crippen molar-refractivity contribution in [3.05, 3.63) is 69.3 Å². The number of non-ortho nitro benzene ring substituents is 1. The summed E-state index contributed by atoms with van der Waals surface area (Å²) in [5, 5.41) is 23.1. The number of nitro benzene ring substituents is 1. The fourth-order valence-corrected chi connectivity index (χ4v) is 2.11. The highest BCUT2D eigenvalue weighted by Crippen LogP contribution is 2.17. The van der Waals surface area contributed by atoms with Crippen molar-refractivity contribution in [2.24, 2.45) is 0 Å². The zero-order chi connectivity index (χ0) is 18.4. The molecule has 0 fully saturated rings. The lowest BCUT2D eigenvalue weighted by molar-refractivity contribution is -0.384. The van der Waals surface area contributed by atoms with Crippen LogP contribution in [0.3, 0.4) is 0 Å². The van der Waals surface area contributed by atoms with E-state index in [1.165, 1.54) is 24.3 Å². The highest BCUT2D eigenvalue weighted by molar-refractivity contribution is 5.94. The standard InChI is InChI=1S/C18H20N2O5/c1-12-3-4-14(9-13(12)2)18(22)19-10-16(21)11-25-17-7-5-15(6-8-17)20(23)24/h3-9,16,21H,10-11H2,1-2H3,(H,19,22). The molecule has 2 N–H and O–H groups in total. The van der Waals surface area contributed by atoms with Crippen molar-refractivity contribution >= 4 is 11.6 Å². The van der Waals surface area contributed by atoms with Gasteiger partial charge in [-0.3, -0.25) is 14.9 Å². The van der Waals surface area contributed by atoms with Crippen LogP contribution in [-0.4, -0.2) is 35.2 Å². The first kappa shape index (κ1) is 18.4. The van der Waals surface area contributed by atoms with Gasteiger partial charge in [-0.1, -0.05) is 6.07 Å². The molecule has 2 aromatic carbocycles. The molecule has 0 saturated heterocycles. The van der Waals surface area contributed by atoms with E-state index in [0.29, 0.717) is 11.3 Å². The van der Waals surface area contributed by atoms with E-state index in [1.807, 2.05) is 19.9 Å². The summed E-state index contributed by atoms with van der Waals surface area (Å²) in [6, 6.07) is 11.0. The number of hydrogen-bond donors (Lipinski definition) is 2. The number of nitrogens with zero attached hydrogens (tertiary/aromatic N) is 1. The normalized spacial score (nSPS) is 11.6. The highest BCUT2D eigenvalue weighted by Gasteiger charge is 2.11. The average Bonchev–Trinajstić information content (AvgIpc) is 2.60. The number of rotatable bonds is 7. The molecule has 0 bridgehead atoms. The second-order valence-electron chi connectivity index (χ2n) is 5.72. The number of nitrogens with one attached hydrogen (secondary N) is 1. The van der Waals surface area contributed by atoms with Crippen LogP contribution < -0.4 is 10.1 Å². The third-order valence-corrected chi connectivity index (χ3v) is 3.76. The van der Waals surface area contributed by atoms with E-state index in [0.717, 1.165) is 11.1 Å². The van der Waals surface area contributed by atoms with Crippen molar-refractivity contribution < 1.29 is 19.6 Å². The van der Waals surface area contributed by atoms with E-state index < -0.39 is 11.0 Å². The van der Waals surface area contributed by atoms with Crippen LogP contribution in [0.25, 0.3) is 0 Å². The third-order valence-electron chi connectivity index (χ3n) is 3.76. The van der Waals surface area contributed by atoms with Gasteiger partial charge in [-0.2, -0.15) is 0 Å². The van der Waals surface area contributed by atoms with E-state index >= 15 is 0 Å². The Morgan fingerprint density at radius 3 is 2.48 bits per heavy atom. The number of hydrogen-bond acceptors (Lipinski definition) is 5. The Morgan fingerprint density at radius 2 is 1.88 bits per heavy atom. The molecule has 7 heteroatoms. The van der Waals surface area contributed by atoms with Crippen LogP contribution in [0.5, 0.6) is 5.75 Å². The second kappa shape index (κ2) is 8.25. The monoisotopic (exact) mass is 344 g/mol. The number of carbonyl (C=O) groups is 1. The molecule has 25 heavy (non-hydrogen) atoms. The van der Waals surface area contributed by atoms with Crippen LogP contribution in [0, 0.1) is 24.0 Å². The van der Waals surface area contributed by atoms with Crippen LogP contribution in [0.1, 0.15) is 21.5 Å². The average molecular weight is 344 g/mol. The number of nitro groups is 1. The Hall–Kier alpha value is -2.93. The van der Waals surface area contributed by atoms with Gasteiger partial charge in [0.05, 0.1) is 4.92 Å². The molecule has 7 nitrogen and oxygen atoms in total. The molecule has 0 spiro atoms. The Bertz CT molecular complexity index is 759. The SMILES string of the molecule is Cc1ccc(C(=O)NCC(O)COc2ccc([N+](=O)[O-])cc2)cc1C. The quantitative estimate of drug-likeness (QED) is 0.593. The van der Waals surface area contributed by atoms with Crippen LogP contribution in [0.4, 0.5) is 5.69 Å². The number of aliphatic hydroxyl groups is 1. The number of aliphatic hydroxyl groups excluding tert-OH is 1. The summed E-state index contributed by atoms with van der Waals surface area (Å²) in [6.45, 7) is 3.90. The third kappa shape index (κ3) is 5.29. The molecule has 1 unspecified atom stereocenters. The molecule has 1 atom stereocenters. The van der Waals surface area contributed by atoms with Gasteiger partial charge in [-0.05, 0) is 49.2 Å². The molecule has 2 aromatic rings. The van der Waals surface area contributed by atoms with Crippen molar-refractivity contribution in [2.75, 3.05) is 13.2 Å². The minimum Gasteiger partial charge on any atom is -0.491 e. The molecule has 0 saturated carbocycles. The van der Waals surface area contributed by atoms with Gasteiger partial charge in [0.2, 0.25) is 0 Å². The van der Waals surface area contributed by atoms with Gasteiger partial charge in [0.25, 0.3) is 11.6 Å². The van der Waals surface area contributed by atoms with E-state index in [2.05, 4.69) is 5.32 Å². The van der Waals surface area contributed by atoms with Crippen LogP contribution >= 0.6 is 0 Å². The zero-order valence-electron chi connectivity index (χ0n) is 14.1. The first-order valence-electron chi connectivity index (χ1n) is 7.77. The summed E-state index contributed by atoms with van der Waals surface area (Å²) in [6.07, 6.45) is -0.898. The molecule has 0 heterocycles. The predicted molar refractivity (Wildman–Crippen MR) is 92.8 cm³/mol. The summed E-state index contributed by atoms with van der Waals surface area (Å²) in [5.74, 6) is 0.141. The molecule has 2 rings (SSSR count). The molecular formula is C18H20N2O5. The van der Waals surface area contributed by atoms with Gasteiger partial charge < -0.3 is 15.2 Å². The van der Waals surface area contributed by atoms with Gasteiger partial charge in [0.1, 0.15) is 18.5 Å². The summed E-state index contributed by atoms with van der Waals surface area (Å²) < 4.78 is 5.35. The van der Waals surface area contributed by atoms with Gasteiger partial charge in [0.15, 0.2) is 0 Å². The smallest absolute Gasteiger partial charge is 0.269 e. The molecule has 132 valence electrons. The lowest BCUT2D eigenvalue weighted by Gasteiger charge is -2.13. The van der Waals surface area contributed by atoms with Crippen molar-refractivity contribution in [2.45, 2.75) is 20.0 Å². The van der Waals surface area contributed by atoms with E-state index in [1.54, 1.807) is 12.1 Å². The number of carbonyl (C=O) groups excluding carboxylic acids is 1. The lowest BCUT2D eigenvalue weighted by Crippen LogP contribution is -2.35. The molecule has 1 amide bonds. The molecular weight excluding hydrogens is 324 g/mol.